The molecule has 0 radical (unpaired) electrons. The maximum absolute atomic E-state index is 12.7. The quantitative estimate of drug-likeness (QED) is 0.750. The molecule has 0 saturated carbocycles. The van der Waals surface area contributed by atoms with Crippen molar-refractivity contribution in [1.82, 2.24) is 9.29 Å². The second kappa shape index (κ2) is 6.85. The zero-order chi connectivity index (χ0) is 15.5. The van der Waals surface area contributed by atoms with E-state index in [2.05, 4.69) is 20.9 Å². The van der Waals surface area contributed by atoms with Gasteiger partial charge in [-0.1, -0.05) is 0 Å². The van der Waals surface area contributed by atoms with Crippen LogP contribution in [-0.4, -0.2) is 42.9 Å². The molecule has 1 aromatic rings. The number of piperidine rings is 1. The van der Waals surface area contributed by atoms with Crippen molar-refractivity contribution in [3.63, 3.8) is 0 Å². The van der Waals surface area contributed by atoms with Gasteiger partial charge in [-0.3, -0.25) is 4.79 Å². The Kier molecular flexibility index (Phi) is 5.34. The van der Waals surface area contributed by atoms with Gasteiger partial charge in [0.2, 0.25) is 0 Å². The van der Waals surface area contributed by atoms with Crippen molar-refractivity contribution in [3.05, 3.63) is 22.8 Å². The second-order valence-electron chi connectivity index (χ2n) is 4.69. The number of halogens is 1. The van der Waals surface area contributed by atoms with Crippen molar-refractivity contribution in [2.75, 3.05) is 13.2 Å². The summed E-state index contributed by atoms with van der Waals surface area (Å²) in [6.07, 6.45) is 3.44. The number of hydrogen-bond acceptors (Lipinski definition) is 5. The molecule has 21 heavy (non-hydrogen) atoms. The first-order valence-electron chi connectivity index (χ1n) is 6.77. The Morgan fingerprint density at radius 1 is 1.48 bits per heavy atom. The summed E-state index contributed by atoms with van der Waals surface area (Å²) in [6.45, 7) is 2.25. The lowest BCUT2D eigenvalue weighted by atomic mass is 10.1. The highest BCUT2D eigenvalue weighted by molar-refractivity contribution is 9.10. The van der Waals surface area contributed by atoms with Crippen LogP contribution in [0.2, 0.25) is 0 Å². The van der Waals surface area contributed by atoms with Crippen LogP contribution in [0.4, 0.5) is 0 Å². The Balaban J connectivity index is 2.31. The molecule has 1 unspecified atom stereocenters. The van der Waals surface area contributed by atoms with Crippen molar-refractivity contribution < 1.29 is 17.9 Å². The van der Waals surface area contributed by atoms with Crippen LogP contribution in [0.5, 0.6) is 0 Å². The van der Waals surface area contributed by atoms with E-state index < -0.39 is 22.0 Å². The Morgan fingerprint density at radius 3 is 2.86 bits per heavy atom. The average molecular weight is 377 g/mol. The van der Waals surface area contributed by atoms with Crippen LogP contribution in [0.1, 0.15) is 26.2 Å². The molecule has 0 spiro atoms. The number of rotatable bonds is 4. The monoisotopic (exact) mass is 376 g/mol. The molecule has 1 saturated heterocycles. The number of pyridine rings is 1. The molecule has 0 amide bonds. The minimum atomic E-state index is -3.79. The number of carbonyl (C=O) groups is 1. The minimum Gasteiger partial charge on any atom is -0.465 e. The number of ether oxygens (including phenoxy) is 1. The summed E-state index contributed by atoms with van der Waals surface area (Å²) in [5.74, 6) is -0.488. The van der Waals surface area contributed by atoms with Crippen molar-refractivity contribution in [3.8, 4) is 0 Å². The lowest BCUT2D eigenvalue weighted by Crippen LogP contribution is -2.48. The van der Waals surface area contributed by atoms with Gasteiger partial charge in [-0.15, -0.1) is 0 Å². The smallest absolute Gasteiger partial charge is 0.324 e. The highest BCUT2D eigenvalue weighted by Gasteiger charge is 2.39. The fourth-order valence-corrected chi connectivity index (χ4v) is 4.10. The lowest BCUT2D eigenvalue weighted by molar-refractivity contribution is -0.148. The maximum atomic E-state index is 12.7. The molecule has 6 nitrogen and oxygen atoms in total. The molecular formula is C13H17BrN2O4S. The SMILES string of the molecule is CCOC(=O)C1CCCCN1S(=O)(=O)c1ccc(Br)cn1. The molecule has 1 aromatic heterocycles. The Labute approximate surface area is 132 Å². The third-order valence-corrected chi connectivity index (χ3v) is 5.58. The van der Waals surface area contributed by atoms with E-state index in [-0.39, 0.29) is 11.6 Å². The average Bonchev–Trinajstić information content (AvgIpc) is 2.48. The highest BCUT2D eigenvalue weighted by Crippen LogP contribution is 2.25. The van der Waals surface area contributed by atoms with Gasteiger partial charge in [-0.05, 0) is 54.2 Å². The van der Waals surface area contributed by atoms with Gasteiger partial charge < -0.3 is 4.74 Å². The maximum Gasteiger partial charge on any atom is 0.324 e. The number of esters is 1. The normalized spacial score (nSPS) is 20.2. The standard InChI is InChI=1S/C13H17BrN2O4S/c1-2-20-13(17)11-5-3-4-8-16(11)21(18,19)12-7-6-10(14)9-15-12/h6-7,9,11H,2-5,8H2,1H3. The van der Waals surface area contributed by atoms with Crippen molar-refractivity contribution >= 4 is 31.9 Å². The van der Waals surface area contributed by atoms with Crippen LogP contribution in [-0.2, 0) is 19.6 Å². The largest absolute Gasteiger partial charge is 0.465 e. The predicted octanol–water partition coefficient (Wildman–Crippen LogP) is 1.95. The molecule has 2 rings (SSSR count). The first-order chi connectivity index (χ1) is 9.96. The fraction of sp³-hybridized carbons (Fsp3) is 0.538. The lowest BCUT2D eigenvalue weighted by Gasteiger charge is -2.32. The highest BCUT2D eigenvalue weighted by atomic mass is 79.9. The number of hydrogen-bond donors (Lipinski definition) is 0. The fourth-order valence-electron chi connectivity index (χ4n) is 2.30. The van der Waals surface area contributed by atoms with Gasteiger partial charge in [-0.2, -0.15) is 4.31 Å². The van der Waals surface area contributed by atoms with E-state index in [1.54, 1.807) is 13.0 Å². The summed E-state index contributed by atoms with van der Waals surface area (Å²) in [6, 6.07) is 2.29. The van der Waals surface area contributed by atoms with Gasteiger partial charge in [0.1, 0.15) is 6.04 Å². The summed E-state index contributed by atoms with van der Waals surface area (Å²) in [7, 11) is -3.79. The number of nitrogens with zero attached hydrogens (tertiary/aromatic N) is 2. The number of sulfonamides is 1. The minimum absolute atomic E-state index is 0.0538. The molecule has 1 atom stereocenters. The van der Waals surface area contributed by atoms with Crippen LogP contribution < -0.4 is 0 Å². The molecule has 1 aliphatic rings. The molecule has 1 aliphatic heterocycles. The third-order valence-electron chi connectivity index (χ3n) is 3.29. The van der Waals surface area contributed by atoms with Crippen LogP contribution in [0, 0.1) is 0 Å². The molecule has 1 fully saturated rings. The van der Waals surface area contributed by atoms with Crippen LogP contribution in [0.3, 0.4) is 0 Å². The van der Waals surface area contributed by atoms with E-state index in [1.807, 2.05) is 0 Å². The first-order valence-corrected chi connectivity index (χ1v) is 9.00. The van der Waals surface area contributed by atoms with Crippen molar-refractivity contribution in [2.24, 2.45) is 0 Å². The molecule has 2 heterocycles. The van der Waals surface area contributed by atoms with E-state index in [0.29, 0.717) is 17.4 Å². The second-order valence-corrected chi connectivity index (χ2v) is 7.45. The van der Waals surface area contributed by atoms with E-state index >= 15 is 0 Å². The Morgan fingerprint density at radius 2 is 2.24 bits per heavy atom. The zero-order valence-electron chi connectivity index (χ0n) is 11.7. The van der Waals surface area contributed by atoms with Crippen LogP contribution in [0.25, 0.3) is 0 Å². The van der Waals surface area contributed by atoms with E-state index in [9.17, 15) is 13.2 Å². The predicted molar refractivity (Wildman–Crippen MR) is 80.1 cm³/mol. The van der Waals surface area contributed by atoms with Gasteiger partial charge in [0, 0.05) is 17.2 Å². The summed E-state index contributed by atoms with van der Waals surface area (Å²) in [4.78, 5) is 15.9. The summed E-state index contributed by atoms with van der Waals surface area (Å²) < 4.78 is 32.2. The summed E-state index contributed by atoms with van der Waals surface area (Å²) in [5.41, 5.74) is 0. The van der Waals surface area contributed by atoms with E-state index in [0.717, 1.165) is 12.8 Å². The number of carbonyl (C=O) groups excluding carboxylic acids is 1. The van der Waals surface area contributed by atoms with Crippen molar-refractivity contribution in [1.29, 1.82) is 0 Å². The van der Waals surface area contributed by atoms with Crippen LogP contribution in [0.15, 0.2) is 27.8 Å². The molecule has 0 bridgehead atoms. The summed E-state index contributed by atoms with van der Waals surface area (Å²) in [5, 5.41) is -0.0538. The Bertz CT molecular complexity index is 603. The van der Waals surface area contributed by atoms with E-state index in [4.69, 9.17) is 4.74 Å². The van der Waals surface area contributed by atoms with E-state index in [1.165, 1.54) is 16.6 Å². The van der Waals surface area contributed by atoms with Gasteiger partial charge in [0.05, 0.1) is 6.61 Å². The molecule has 116 valence electrons. The summed E-state index contributed by atoms with van der Waals surface area (Å²) >= 11 is 3.22. The molecule has 8 heteroatoms. The third kappa shape index (κ3) is 3.61. The van der Waals surface area contributed by atoms with Gasteiger partial charge in [0.15, 0.2) is 5.03 Å². The molecule has 0 N–H and O–H groups in total. The zero-order valence-corrected chi connectivity index (χ0v) is 14.1. The number of aromatic nitrogens is 1. The topological polar surface area (TPSA) is 76.6 Å². The molecular weight excluding hydrogens is 360 g/mol. The van der Waals surface area contributed by atoms with Gasteiger partial charge in [0.25, 0.3) is 10.0 Å². The van der Waals surface area contributed by atoms with Gasteiger partial charge in [-0.25, -0.2) is 13.4 Å². The Hall–Kier alpha value is -0.990. The van der Waals surface area contributed by atoms with Gasteiger partial charge >= 0.3 is 5.97 Å². The van der Waals surface area contributed by atoms with Crippen molar-refractivity contribution in [2.45, 2.75) is 37.3 Å². The van der Waals surface area contributed by atoms with Crippen LogP contribution >= 0.6 is 15.9 Å². The first kappa shape index (κ1) is 16.4. The molecule has 0 aromatic carbocycles. The molecule has 0 aliphatic carbocycles.